The van der Waals surface area contributed by atoms with Gasteiger partial charge in [0.05, 0.1) is 28.1 Å². The van der Waals surface area contributed by atoms with E-state index in [-0.39, 0.29) is 5.97 Å². The maximum Gasteiger partial charge on any atom is 0.338 e. The molecule has 0 saturated carbocycles. The number of fused-ring (bicyclic) bond motifs is 1. The number of carbonyl (C=O) groups excluding carboxylic acids is 1. The minimum absolute atomic E-state index is 0.318. The number of ether oxygens (including phenoxy) is 1. The standard InChI is InChI=1S/C23H17N3O3S/c1-2-28-22(27)16-7-5-6-15(12-16)21-11-10-17(29-21)13-18(14-24)30-23-25-19-8-3-4-9-20(19)26-23/h3-13H,2H2,1H3,(H,25,26)/b18-13+. The van der Waals surface area contributed by atoms with Crippen molar-refractivity contribution in [3.8, 4) is 17.4 Å². The van der Waals surface area contributed by atoms with Gasteiger partial charge in [-0.3, -0.25) is 0 Å². The average Bonchev–Trinajstić information content (AvgIpc) is 3.40. The lowest BCUT2D eigenvalue weighted by Gasteiger charge is -2.03. The van der Waals surface area contributed by atoms with Crippen LogP contribution in [0, 0.1) is 11.3 Å². The van der Waals surface area contributed by atoms with Gasteiger partial charge in [-0.2, -0.15) is 5.26 Å². The molecule has 0 unspecified atom stereocenters. The molecule has 0 bridgehead atoms. The lowest BCUT2D eigenvalue weighted by atomic mass is 10.1. The maximum atomic E-state index is 11.9. The third kappa shape index (κ3) is 4.29. The van der Waals surface area contributed by atoms with Gasteiger partial charge in [0.15, 0.2) is 5.16 Å². The quantitative estimate of drug-likeness (QED) is 0.248. The molecule has 2 heterocycles. The number of thioether (sulfide) groups is 1. The number of H-pyrrole nitrogens is 1. The van der Waals surface area contributed by atoms with Crippen molar-refractivity contribution in [3.63, 3.8) is 0 Å². The molecule has 0 aliphatic carbocycles. The van der Waals surface area contributed by atoms with Crippen LogP contribution in [0.15, 0.2) is 75.1 Å². The smallest absolute Gasteiger partial charge is 0.338 e. The Morgan fingerprint density at radius 1 is 1.23 bits per heavy atom. The van der Waals surface area contributed by atoms with Gasteiger partial charge in [-0.1, -0.05) is 24.3 Å². The molecule has 0 aliphatic rings. The van der Waals surface area contributed by atoms with Crippen molar-refractivity contribution in [2.75, 3.05) is 6.61 Å². The molecule has 0 atom stereocenters. The Kier molecular flexibility index (Phi) is 5.68. The number of hydrogen-bond acceptors (Lipinski definition) is 6. The van der Waals surface area contributed by atoms with Crippen molar-refractivity contribution in [1.82, 2.24) is 9.97 Å². The summed E-state index contributed by atoms with van der Waals surface area (Å²) in [6.45, 7) is 2.08. The van der Waals surface area contributed by atoms with E-state index in [1.165, 1.54) is 11.8 Å². The average molecular weight is 415 g/mol. The van der Waals surface area contributed by atoms with Gasteiger partial charge in [0.1, 0.15) is 17.6 Å². The zero-order valence-electron chi connectivity index (χ0n) is 16.1. The van der Waals surface area contributed by atoms with Gasteiger partial charge in [-0.25, -0.2) is 9.78 Å². The van der Waals surface area contributed by atoms with Crippen LogP contribution in [-0.4, -0.2) is 22.5 Å². The molecule has 0 fully saturated rings. The lowest BCUT2D eigenvalue weighted by molar-refractivity contribution is 0.0526. The van der Waals surface area contributed by atoms with E-state index < -0.39 is 0 Å². The molecule has 4 rings (SSSR count). The van der Waals surface area contributed by atoms with Gasteiger partial charge in [0, 0.05) is 11.6 Å². The highest BCUT2D eigenvalue weighted by Crippen LogP contribution is 2.29. The van der Waals surface area contributed by atoms with Gasteiger partial charge < -0.3 is 14.1 Å². The predicted molar refractivity (Wildman–Crippen MR) is 116 cm³/mol. The van der Waals surface area contributed by atoms with Crippen molar-refractivity contribution in [2.24, 2.45) is 0 Å². The Bertz CT molecular complexity index is 1250. The number of para-hydroxylation sites is 2. The highest BCUT2D eigenvalue weighted by atomic mass is 32.2. The molecule has 7 heteroatoms. The number of benzene rings is 2. The van der Waals surface area contributed by atoms with E-state index in [2.05, 4.69) is 16.0 Å². The highest BCUT2D eigenvalue weighted by molar-refractivity contribution is 8.03. The Balaban J connectivity index is 1.55. The van der Waals surface area contributed by atoms with Crippen molar-refractivity contribution in [3.05, 3.63) is 76.9 Å². The number of nitrogens with one attached hydrogen (secondary N) is 1. The van der Waals surface area contributed by atoms with Crippen LogP contribution in [0.2, 0.25) is 0 Å². The van der Waals surface area contributed by atoms with Gasteiger partial charge >= 0.3 is 5.97 Å². The van der Waals surface area contributed by atoms with E-state index in [1.54, 1.807) is 43.3 Å². The van der Waals surface area contributed by atoms with E-state index in [1.807, 2.05) is 30.3 Å². The summed E-state index contributed by atoms with van der Waals surface area (Å²) in [6, 6.07) is 20.5. The van der Waals surface area contributed by atoms with Crippen LogP contribution in [0.1, 0.15) is 23.0 Å². The van der Waals surface area contributed by atoms with Crippen LogP contribution >= 0.6 is 11.8 Å². The second kappa shape index (κ2) is 8.72. The Morgan fingerprint density at radius 2 is 2.10 bits per heavy atom. The van der Waals surface area contributed by atoms with Gasteiger partial charge in [-0.05, 0) is 55.1 Å². The summed E-state index contributed by atoms with van der Waals surface area (Å²) in [5, 5.41) is 10.2. The van der Waals surface area contributed by atoms with Gasteiger partial charge in [0.25, 0.3) is 0 Å². The summed E-state index contributed by atoms with van der Waals surface area (Å²) in [5.41, 5.74) is 2.97. The number of aromatic amines is 1. The second-order valence-electron chi connectivity index (χ2n) is 6.28. The minimum Gasteiger partial charge on any atom is -0.462 e. The topological polar surface area (TPSA) is 91.9 Å². The first-order chi connectivity index (χ1) is 14.7. The van der Waals surface area contributed by atoms with E-state index in [4.69, 9.17) is 9.15 Å². The van der Waals surface area contributed by atoms with E-state index in [0.717, 1.165) is 16.6 Å². The number of aromatic nitrogens is 2. The Morgan fingerprint density at radius 3 is 2.90 bits per heavy atom. The number of hydrogen-bond donors (Lipinski definition) is 1. The van der Waals surface area contributed by atoms with Crippen molar-refractivity contribution in [1.29, 1.82) is 5.26 Å². The van der Waals surface area contributed by atoms with Crippen molar-refractivity contribution < 1.29 is 13.9 Å². The SMILES string of the molecule is CCOC(=O)c1cccc(-c2ccc(/C=C(\C#N)Sc3nc4ccccc4[nH]3)o2)c1. The molecule has 6 nitrogen and oxygen atoms in total. The maximum absolute atomic E-state index is 11.9. The lowest BCUT2D eigenvalue weighted by Crippen LogP contribution is -2.04. The summed E-state index contributed by atoms with van der Waals surface area (Å²) in [5.74, 6) is 0.755. The minimum atomic E-state index is -0.375. The largest absolute Gasteiger partial charge is 0.462 e. The van der Waals surface area contributed by atoms with Crippen LogP contribution in [0.4, 0.5) is 0 Å². The fourth-order valence-corrected chi connectivity index (χ4v) is 3.63. The second-order valence-corrected chi connectivity index (χ2v) is 7.32. The third-order valence-corrected chi connectivity index (χ3v) is 5.06. The molecule has 148 valence electrons. The van der Waals surface area contributed by atoms with Crippen LogP contribution < -0.4 is 0 Å². The van der Waals surface area contributed by atoms with Crippen molar-refractivity contribution >= 4 is 34.8 Å². The summed E-state index contributed by atoms with van der Waals surface area (Å²) in [7, 11) is 0. The molecule has 30 heavy (non-hydrogen) atoms. The zero-order valence-corrected chi connectivity index (χ0v) is 16.9. The molecular formula is C23H17N3O3S. The molecule has 0 radical (unpaired) electrons. The molecule has 2 aromatic carbocycles. The number of rotatable bonds is 6. The number of allylic oxidation sites excluding steroid dienone is 1. The van der Waals surface area contributed by atoms with Crippen LogP contribution in [-0.2, 0) is 4.74 Å². The molecule has 0 spiro atoms. The number of carbonyl (C=O) groups is 1. The summed E-state index contributed by atoms with van der Waals surface area (Å²) < 4.78 is 10.9. The number of nitrogens with zero attached hydrogens (tertiary/aromatic N) is 2. The molecular weight excluding hydrogens is 398 g/mol. The number of esters is 1. The summed E-state index contributed by atoms with van der Waals surface area (Å²) in [4.78, 5) is 20.1. The first-order valence-electron chi connectivity index (χ1n) is 9.28. The molecule has 0 amide bonds. The predicted octanol–water partition coefficient (Wildman–Crippen LogP) is 5.66. The summed E-state index contributed by atoms with van der Waals surface area (Å²) >= 11 is 1.24. The molecule has 0 saturated heterocycles. The van der Waals surface area contributed by atoms with Gasteiger partial charge in [0.2, 0.25) is 0 Å². The highest BCUT2D eigenvalue weighted by Gasteiger charge is 2.11. The third-order valence-electron chi connectivity index (χ3n) is 4.24. The first-order valence-corrected chi connectivity index (χ1v) is 10.1. The van der Waals surface area contributed by atoms with E-state index >= 15 is 0 Å². The molecule has 0 aliphatic heterocycles. The fourth-order valence-electron chi connectivity index (χ4n) is 2.90. The van der Waals surface area contributed by atoms with E-state index in [9.17, 15) is 10.1 Å². The fraction of sp³-hybridized carbons (Fsp3) is 0.0870. The Hall–Kier alpha value is -3.76. The van der Waals surface area contributed by atoms with Crippen LogP contribution in [0.3, 0.4) is 0 Å². The summed E-state index contributed by atoms with van der Waals surface area (Å²) in [6.07, 6.45) is 1.66. The van der Waals surface area contributed by atoms with Crippen LogP contribution in [0.5, 0.6) is 0 Å². The van der Waals surface area contributed by atoms with Crippen molar-refractivity contribution in [2.45, 2.75) is 12.1 Å². The Labute approximate surface area is 177 Å². The molecule has 2 aromatic heterocycles. The monoisotopic (exact) mass is 415 g/mol. The molecule has 4 aromatic rings. The van der Waals surface area contributed by atoms with Gasteiger partial charge in [-0.15, -0.1) is 0 Å². The van der Waals surface area contributed by atoms with E-state index in [0.29, 0.717) is 33.8 Å². The number of imidazole rings is 1. The number of furan rings is 1. The zero-order chi connectivity index (χ0) is 20.9. The van der Waals surface area contributed by atoms with Crippen LogP contribution in [0.25, 0.3) is 28.4 Å². The molecule has 1 N–H and O–H groups in total. The normalized spacial score (nSPS) is 11.4. The first kappa shape index (κ1) is 19.6. The number of nitriles is 1.